The van der Waals surface area contributed by atoms with E-state index in [4.69, 9.17) is 11.6 Å². The monoisotopic (exact) mass is 374 g/mol. The summed E-state index contributed by atoms with van der Waals surface area (Å²) in [6.07, 6.45) is 2.65. The Morgan fingerprint density at radius 3 is 2.56 bits per heavy atom. The summed E-state index contributed by atoms with van der Waals surface area (Å²) in [5.41, 5.74) is 1.79. The number of hydrogen-bond acceptors (Lipinski definition) is 4. The SMILES string of the molecule is O=C1N=C2N=CN=CC2C(=O)N1c1ccc(C#Cc2ccccc2)cc1Cl. The summed E-state index contributed by atoms with van der Waals surface area (Å²) < 4.78 is 0. The highest BCUT2D eigenvalue weighted by Crippen LogP contribution is 2.30. The number of anilines is 1. The zero-order chi connectivity index (χ0) is 18.8. The number of hydrogen-bond donors (Lipinski definition) is 0. The van der Waals surface area contributed by atoms with Gasteiger partial charge in [-0.1, -0.05) is 41.6 Å². The highest BCUT2D eigenvalue weighted by molar-refractivity contribution is 6.38. The van der Waals surface area contributed by atoms with Crippen molar-refractivity contribution in [2.75, 3.05) is 4.90 Å². The van der Waals surface area contributed by atoms with Crippen molar-refractivity contribution in [3.05, 3.63) is 64.7 Å². The van der Waals surface area contributed by atoms with Crippen LogP contribution >= 0.6 is 11.6 Å². The Kier molecular flexibility index (Phi) is 4.37. The Hall–Kier alpha value is -3.56. The molecule has 0 bridgehead atoms. The molecule has 4 rings (SSSR count). The van der Waals surface area contributed by atoms with Crippen LogP contribution in [0.2, 0.25) is 5.02 Å². The lowest BCUT2D eigenvalue weighted by Crippen LogP contribution is -2.47. The van der Waals surface area contributed by atoms with Crippen LogP contribution in [0.25, 0.3) is 0 Å². The summed E-state index contributed by atoms with van der Waals surface area (Å²) in [4.78, 5) is 37.5. The van der Waals surface area contributed by atoms with Gasteiger partial charge >= 0.3 is 6.03 Å². The van der Waals surface area contributed by atoms with E-state index in [9.17, 15) is 9.59 Å². The zero-order valence-corrected chi connectivity index (χ0v) is 14.6. The van der Waals surface area contributed by atoms with Crippen LogP contribution < -0.4 is 4.90 Å². The minimum absolute atomic E-state index is 0.137. The molecule has 130 valence electrons. The molecule has 0 saturated heterocycles. The quantitative estimate of drug-likeness (QED) is 0.718. The molecule has 2 aliphatic heterocycles. The summed E-state index contributed by atoms with van der Waals surface area (Å²) in [5, 5.41) is 0.228. The number of amidine groups is 1. The van der Waals surface area contributed by atoms with E-state index < -0.39 is 17.9 Å². The number of halogens is 1. The van der Waals surface area contributed by atoms with Crippen molar-refractivity contribution in [3.8, 4) is 11.8 Å². The third-order valence-corrected chi connectivity index (χ3v) is 4.27. The molecule has 1 unspecified atom stereocenters. The molecular weight excluding hydrogens is 364 g/mol. The van der Waals surface area contributed by atoms with Crippen molar-refractivity contribution in [2.24, 2.45) is 20.9 Å². The number of benzene rings is 2. The van der Waals surface area contributed by atoms with Crippen LogP contribution in [-0.4, -0.2) is 30.3 Å². The number of carbonyl (C=O) groups excluding carboxylic acids is 2. The lowest BCUT2D eigenvalue weighted by Gasteiger charge is -2.27. The van der Waals surface area contributed by atoms with Gasteiger partial charge < -0.3 is 0 Å². The lowest BCUT2D eigenvalue weighted by atomic mass is 10.1. The Balaban J connectivity index is 1.65. The van der Waals surface area contributed by atoms with E-state index in [1.165, 1.54) is 12.6 Å². The molecule has 7 heteroatoms. The van der Waals surface area contributed by atoms with Crippen LogP contribution in [0.15, 0.2) is 63.5 Å². The Morgan fingerprint density at radius 2 is 1.78 bits per heavy atom. The predicted octanol–water partition coefficient (Wildman–Crippen LogP) is 3.33. The first kappa shape index (κ1) is 16.9. The van der Waals surface area contributed by atoms with E-state index in [1.807, 2.05) is 30.3 Å². The summed E-state index contributed by atoms with van der Waals surface area (Å²) in [6, 6.07) is 13.7. The van der Waals surface area contributed by atoms with Gasteiger partial charge in [-0.25, -0.2) is 19.7 Å². The Bertz CT molecular complexity index is 1090. The second-order valence-corrected chi connectivity index (χ2v) is 6.14. The van der Waals surface area contributed by atoms with Crippen molar-refractivity contribution >= 4 is 47.6 Å². The fraction of sp³-hybridized carbons (Fsp3) is 0.0500. The first-order chi connectivity index (χ1) is 13.1. The second kappa shape index (κ2) is 6.98. The smallest absolute Gasteiger partial charge is 0.273 e. The van der Waals surface area contributed by atoms with Crippen molar-refractivity contribution in [3.63, 3.8) is 0 Å². The molecule has 2 aromatic rings. The number of fused-ring (bicyclic) bond motifs is 1. The largest absolute Gasteiger partial charge is 0.356 e. The number of nitrogens with zero attached hydrogens (tertiary/aromatic N) is 4. The van der Waals surface area contributed by atoms with Crippen LogP contribution in [-0.2, 0) is 4.79 Å². The van der Waals surface area contributed by atoms with Gasteiger partial charge in [-0.2, -0.15) is 4.99 Å². The average molecular weight is 375 g/mol. The predicted molar refractivity (Wildman–Crippen MR) is 105 cm³/mol. The maximum atomic E-state index is 12.7. The lowest BCUT2D eigenvalue weighted by molar-refractivity contribution is -0.118. The van der Waals surface area contributed by atoms with Crippen LogP contribution in [0.3, 0.4) is 0 Å². The molecule has 2 heterocycles. The average Bonchev–Trinajstić information content (AvgIpc) is 2.68. The molecule has 2 aliphatic rings. The van der Waals surface area contributed by atoms with E-state index in [0.717, 1.165) is 10.5 Å². The third-order valence-electron chi connectivity index (χ3n) is 3.97. The molecule has 27 heavy (non-hydrogen) atoms. The molecule has 0 aliphatic carbocycles. The van der Waals surface area contributed by atoms with Crippen LogP contribution in [0.1, 0.15) is 11.1 Å². The van der Waals surface area contributed by atoms with E-state index >= 15 is 0 Å². The first-order valence-electron chi connectivity index (χ1n) is 8.02. The minimum Gasteiger partial charge on any atom is -0.273 e. The number of aliphatic imine (C=N–C) groups is 3. The highest BCUT2D eigenvalue weighted by Gasteiger charge is 2.39. The van der Waals surface area contributed by atoms with E-state index in [-0.39, 0.29) is 16.5 Å². The van der Waals surface area contributed by atoms with Crippen molar-refractivity contribution < 1.29 is 9.59 Å². The molecule has 2 aromatic carbocycles. The summed E-state index contributed by atoms with van der Waals surface area (Å²) in [6.45, 7) is 0. The molecule has 0 saturated carbocycles. The fourth-order valence-electron chi connectivity index (χ4n) is 2.67. The highest BCUT2D eigenvalue weighted by atomic mass is 35.5. The second-order valence-electron chi connectivity index (χ2n) is 5.73. The molecule has 1 atom stereocenters. The maximum Gasteiger partial charge on any atom is 0.356 e. The maximum absolute atomic E-state index is 12.7. The number of imide groups is 1. The molecule has 0 radical (unpaired) electrons. The molecule has 0 N–H and O–H groups in total. The van der Waals surface area contributed by atoms with Gasteiger partial charge in [0.15, 0.2) is 5.84 Å². The van der Waals surface area contributed by atoms with E-state index in [2.05, 4.69) is 26.8 Å². The van der Waals surface area contributed by atoms with E-state index in [0.29, 0.717) is 5.56 Å². The van der Waals surface area contributed by atoms with E-state index in [1.54, 1.807) is 18.2 Å². The molecular formula is C20H11ClN4O2. The van der Waals surface area contributed by atoms with Crippen LogP contribution in [0.4, 0.5) is 10.5 Å². The normalized spacial score (nSPS) is 17.9. The standard InChI is InChI=1S/C20H11ClN4O2/c21-16-10-14(7-6-13-4-2-1-3-5-13)8-9-17(16)25-19(26)15-11-22-12-23-18(15)24-20(25)27/h1-5,8-12,15H. The molecule has 6 nitrogen and oxygen atoms in total. The van der Waals surface area contributed by atoms with Gasteiger partial charge in [0.2, 0.25) is 0 Å². The molecule has 0 fully saturated rings. The Morgan fingerprint density at radius 1 is 1.00 bits per heavy atom. The van der Waals surface area contributed by atoms with Gasteiger partial charge in [0.1, 0.15) is 12.3 Å². The first-order valence-corrected chi connectivity index (χ1v) is 8.40. The van der Waals surface area contributed by atoms with Gasteiger partial charge in [-0.05, 0) is 30.3 Å². The summed E-state index contributed by atoms with van der Waals surface area (Å²) in [5.74, 6) is 4.90. The zero-order valence-electron chi connectivity index (χ0n) is 13.8. The molecule has 3 amide bonds. The minimum atomic E-state index is -0.790. The number of amides is 3. The summed E-state index contributed by atoms with van der Waals surface area (Å²) in [7, 11) is 0. The molecule has 0 spiro atoms. The van der Waals surface area contributed by atoms with Crippen LogP contribution in [0.5, 0.6) is 0 Å². The number of rotatable bonds is 1. The van der Waals surface area contributed by atoms with Gasteiger partial charge in [-0.15, -0.1) is 0 Å². The van der Waals surface area contributed by atoms with Crippen molar-refractivity contribution in [2.45, 2.75) is 0 Å². The molecule has 0 aromatic heterocycles. The van der Waals surface area contributed by atoms with Crippen molar-refractivity contribution in [1.29, 1.82) is 0 Å². The van der Waals surface area contributed by atoms with Gasteiger partial charge in [0, 0.05) is 17.3 Å². The fourth-order valence-corrected chi connectivity index (χ4v) is 2.94. The topological polar surface area (TPSA) is 74.5 Å². The Labute approximate surface area is 159 Å². The van der Waals surface area contributed by atoms with Gasteiger partial charge in [0.25, 0.3) is 5.91 Å². The van der Waals surface area contributed by atoms with Gasteiger partial charge in [-0.3, -0.25) is 4.79 Å². The number of carbonyl (C=O) groups is 2. The third kappa shape index (κ3) is 3.28. The van der Waals surface area contributed by atoms with Crippen molar-refractivity contribution in [1.82, 2.24) is 0 Å². The number of urea groups is 1. The van der Waals surface area contributed by atoms with Gasteiger partial charge in [0.05, 0.1) is 10.7 Å². The van der Waals surface area contributed by atoms with Crippen LogP contribution in [0, 0.1) is 17.8 Å². The summed E-state index contributed by atoms with van der Waals surface area (Å²) >= 11 is 6.32.